The van der Waals surface area contributed by atoms with Crippen molar-refractivity contribution >= 4 is 42.9 Å². The maximum absolute atomic E-state index is 12.7. The zero-order valence-corrected chi connectivity index (χ0v) is 25.1. The highest BCUT2D eigenvalue weighted by atomic mass is 35.5. The second-order valence-corrected chi connectivity index (χ2v) is 12.3. The van der Waals surface area contributed by atoms with Gasteiger partial charge in [0, 0.05) is 31.2 Å². The second-order valence-electron chi connectivity index (χ2n) is 10.7. The summed E-state index contributed by atoms with van der Waals surface area (Å²) in [6, 6.07) is 9.01. The monoisotopic (exact) mass is 577 g/mol. The third-order valence-electron chi connectivity index (χ3n) is 6.24. The van der Waals surface area contributed by atoms with Crippen LogP contribution in [0.15, 0.2) is 42.9 Å². The second kappa shape index (κ2) is 12.4. The number of ether oxygens (including phenoxy) is 2. The van der Waals surface area contributed by atoms with Crippen molar-refractivity contribution in [1.82, 2.24) is 19.6 Å². The van der Waals surface area contributed by atoms with Crippen LogP contribution in [0.1, 0.15) is 47.3 Å². The summed E-state index contributed by atoms with van der Waals surface area (Å²) in [6.45, 7) is 9.54. The Morgan fingerprint density at radius 1 is 1.26 bits per heavy atom. The lowest BCUT2D eigenvalue weighted by Crippen LogP contribution is -2.46. The van der Waals surface area contributed by atoms with Crippen LogP contribution in [-0.4, -0.2) is 59.0 Å². The first-order valence-corrected chi connectivity index (χ1v) is 14.5. The van der Waals surface area contributed by atoms with E-state index in [9.17, 15) is 4.79 Å². The zero-order chi connectivity index (χ0) is 28.3. The third-order valence-corrected chi connectivity index (χ3v) is 8.00. The first kappa shape index (κ1) is 29.5. The molecule has 1 aliphatic rings. The van der Waals surface area contributed by atoms with Crippen LogP contribution in [-0.2, 0) is 18.8 Å². The molecule has 4 atom stereocenters. The average Bonchev–Trinajstić information content (AvgIpc) is 3.46. The van der Waals surface area contributed by atoms with Gasteiger partial charge in [-0.05, 0) is 64.4 Å². The third kappa shape index (κ3) is 7.18. The van der Waals surface area contributed by atoms with Crippen LogP contribution in [0, 0.1) is 5.92 Å². The molecule has 3 aromatic rings. The number of esters is 1. The molecule has 3 unspecified atom stereocenters. The van der Waals surface area contributed by atoms with E-state index in [0.29, 0.717) is 10.8 Å². The Bertz CT molecular complexity index is 1270. The SMILES string of the molecule is CC(C)OC(=O)C(C)(C)NP(OCC1CC(C)[C@H](n2ccc3c(N(C)C)ncnc32)O1)Oc1ccc(Cl)cc1. The van der Waals surface area contributed by atoms with E-state index in [1.807, 2.05) is 45.1 Å². The summed E-state index contributed by atoms with van der Waals surface area (Å²) in [5.41, 5.74) is -0.213. The molecule has 12 heteroatoms. The Balaban J connectivity index is 1.46. The number of nitrogens with zero attached hydrogens (tertiary/aromatic N) is 4. The summed E-state index contributed by atoms with van der Waals surface area (Å²) in [4.78, 5) is 23.6. The van der Waals surface area contributed by atoms with Crippen molar-refractivity contribution in [1.29, 1.82) is 0 Å². The van der Waals surface area contributed by atoms with Crippen molar-refractivity contribution in [3.8, 4) is 5.75 Å². The van der Waals surface area contributed by atoms with Gasteiger partial charge < -0.3 is 28.0 Å². The van der Waals surface area contributed by atoms with E-state index in [-0.39, 0.29) is 31.0 Å². The molecule has 212 valence electrons. The summed E-state index contributed by atoms with van der Waals surface area (Å²) < 4.78 is 26.3. The van der Waals surface area contributed by atoms with Crippen LogP contribution in [0.3, 0.4) is 0 Å². The zero-order valence-electron chi connectivity index (χ0n) is 23.4. The van der Waals surface area contributed by atoms with E-state index in [0.717, 1.165) is 23.3 Å². The van der Waals surface area contributed by atoms with Gasteiger partial charge in [0.1, 0.15) is 35.3 Å². The van der Waals surface area contributed by atoms with E-state index in [1.54, 1.807) is 44.4 Å². The Morgan fingerprint density at radius 3 is 2.64 bits per heavy atom. The van der Waals surface area contributed by atoms with Crippen molar-refractivity contribution in [2.24, 2.45) is 5.92 Å². The van der Waals surface area contributed by atoms with E-state index in [2.05, 4.69) is 26.5 Å². The lowest BCUT2D eigenvalue weighted by molar-refractivity contribution is -0.153. The van der Waals surface area contributed by atoms with Gasteiger partial charge in [-0.25, -0.2) is 15.1 Å². The number of carbonyl (C=O) groups excluding carboxylic acids is 1. The number of halogens is 1. The van der Waals surface area contributed by atoms with Crippen molar-refractivity contribution in [2.75, 3.05) is 25.6 Å². The normalized spacial score (nSPS) is 20.4. The standard InChI is InChI=1S/C27H37ClN5O5P/c1-17(2)36-26(34)27(4,5)31-39(38-20-10-8-19(28)9-11-20)35-15-21-14-18(3)25(37-21)33-13-12-22-23(32(6)7)29-16-30-24(22)33/h8-13,16-18,21,25,31H,14-15H2,1-7H3/t18?,21?,25-,39?/m1/s1. The number of fused-ring (bicyclic) bond motifs is 1. The summed E-state index contributed by atoms with van der Waals surface area (Å²) in [5, 5.41) is 4.78. The van der Waals surface area contributed by atoms with Gasteiger partial charge in [-0.15, -0.1) is 0 Å². The smallest absolute Gasteiger partial charge is 0.326 e. The molecule has 1 fully saturated rings. The number of rotatable bonds is 11. The molecule has 0 bridgehead atoms. The van der Waals surface area contributed by atoms with Crippen LogP contribution >= 0.6 is 20.1 Å². The molecule has 0 spiro atoms. The van der Waals surface area contributed by atoms with E-state index in [4.69, 9.17) is 30.1 Å². The lowest BCUT2D eigenvalue weighted by Gasteiger charge is -2.29. The lowest BCUT2D eigenvalue weighted by atomic mass is 10.1. The molecule has 10 nitrogen and oxygen atoms in total. The largest absolute Gasteiger partial charge is 0.462 e. The molecule has 1 aliphatic heterocycles. The number of hydrogen-bond donors (Lipinski definition) is 1. The van der Waals surface area contributed by atoms with Crippen LogP contribution in [0.5, 0.6) is 5.75 Å². The van der Waals surface area contributed by atoms with E-state index in [1.165, 1.54) is 0 Å². The minimum absolute atomic E-state index is 0.177. The summed E-state index contributed by atoms with van der Waals surface area (Å²) in [6.07, 6.45) is 3.75. The Labute approximate surface area is 235 Å². The number of anilines is 1. The van der Waals surface area contributed by atoms with Gasteiger partial charge in [0.25, 0.3) is 0 Å². The van der Waals surface area contributed by atoms with E-state index >= 15 is 0 Å². The highest BCUT2D eigenvalue weighted by Crippen LogP contribution is 2.42. The highest BCUT2D eigenvalue weighted by molar-refractivity contribution is 7.45. The first-order valence-electron chi connectivity index (χ1n) is 12.9. The van der Waals surface area contributed by atoms with Crippen LogP contribution < -0.4 is 14.5 Å². The van der Waals surface area contributed by atoms with Crippen LogP contribution in [0.2, 0.25) is 5.02 Å². The number of carbonyl (C=O) groups is 1. The molecule has 3 heterocycles. The van der Waals surface area contributed by atoms with Gasteiger partial charge in [-0.3, -0.25) is 4.79 Å². The Hall–Kier alpha value is -2.49. The predicted octanol–water partition coefficient (Wildman–Crippen LogP) is 5.72. The average molecular weight is 578 g/mol. The van der Waals surface area contributed by atoms with Gasteiger partial charge in [0.15, 0.2) is 0 Å². The van der Waals surface area contributed by atoms with Crippen molar-refractivity contribution in [3.63, 3.8) is 0 Å². The molecule has 0 amide bonds. The predicted molar refractivity (Wildman–Crippen MR) is 153 cm³/mol. The summed E-state index contributed by atoms with van der Waals surface area (Å²) in [5.74, 6) is 1.26. The molecule has 2 aromatic heterocycles. The van der Waals surface area contributed by atoms with Crippen molar-refractivity contribution < 1.29 is 23.3 Å². The number of aromatic nitrogens is 3. The Kier molecular flexibility index (Phi) is 9.34. The molecule has 0 aliphatic carbocycles. The number of nitrogens with one attached hydrogen (secondary N) is 1. The first-order chi connectivity index (χ1) is 18.4. The van der Waals surface area contributed by atoms with Gasteiger partial charge >= 0.3 is 14.5 Å². The number of benzene rings is 1. The summed E-state index contributed by atoms with van der Waals surface area (Å²) >= 11 is 6.03. The van der Waals surface area contributed by atoms with Gasteiger partial charge in [-0.2, -0.15) is 0 Å². The van der Waals surface area contributed by atoms with Crippen LogP contribution in [0.4, 0.5) is 5.82 Å². The molecular weight excluding hydrogens is 541 g/mol. The van der Waals surface area contributed by atoms with Crippen molar-refractivity contribution in [3.05, 3.63) is 47.9 Å². The van der Waals surface area contributed by atoms with Crippen molar-refractivity contribution in [2.45, 2.75) is 65.0 Å². The number of hydrogen-bond acceptors (Lipinski definition) is 9. The topological polar surface area (TPSA) is 100.0 Å². The van der Waals surface area contributed by atoms with Crippen LogP contribution in [0.25, 0.3) is 11.0 Å². The molecular formula is C27H37ClN5O5P. The molecule has 4 rings (SSSR count). The Morgan fingerprint density at radius 2 is 1.97 bits per heavy atom. The highest BCUT2D eigenvalue weighted by Gasteiger charge is 2.38. The molecule has 1 N–H and O–H groups in total. The van der Waals surface area contributed by atoms with Gasteiger partial charge in [0.2, 0.25) is 0 Å². The molecule has 0 radical (unpaired) electrons. The molecule has 0 saturated carbocycles. The fourth-order valence-electron chi connectivity index (χ4n) is 4.34. The van der Waals surface area contributed by atoms with Gasteiger partial charge in [-0.1, -0.05) is 18.5 Å². The molecule has 1 aromatic carbocycles. The maximum Gasteiger partial charge on any atom is 0.326 e. The minimum atomic E-state index is -1.73. The molecule has 39 heavy (non-hydrogen) atoms. The minimum Gasteiger partial charge on any atom is -0.462 e. The fraction of sp³-hybridized carbons (Fsp3) is 0.519. The molecule has 1 saturated heterocycles. The fourth-order valence-corrected chi connectivity index (χ4v) is 5.79. The van der Waals surface area contributed by atoms with E-state index < -0.39 is 20.0 Å². The van der Waals surface area contributed by atoms with Gasteiger partial charge in [0.05, 0.1) is 24.2 Å². The summed E-state index contributed by atoms with van der Waals surface area (Å²) in [7, 11) is 2.19. The maximum atomic E-state index is 12.7. The quantitative estimate of drug-likeness (QED) is 0.227.